The van der Waals surface area contributed by atoms with Gasteiger partial charge in [-0.3, -0.25) is 9.59 Å². The Morgan fingerprint density at radius 1 is 0.870 bits per heavy atom. The molecule has 0 amide bonds. The number of carbonyl (C=O) groups excluding carboxylic acids is 3. The van der Waals surface area contributed by atoms with Crippen LogP contribution in [0.15, 0.2) is 60.7 Å². The maximum atomic E-state index is 12.7. The second-order valence-electron chi connectivity index (χ2n) is 5.62. The predicted molar refractivity (Wildman–Crippen MR) is 89.5 cm³/mol. The number of hydrogen-bond donors (Lipinski definition) is 0. The normalized spacial score (nSPS) is 11.7. The summed E-state index contributed by atoms with van der Waals surface area (Å²) in [6.07, 6.45) is 1.53. The lowest BCUT2D eigenvalue weighted by atomic mass is 9.86. The van der Waals surface area contributed by atoms with Crippen molar-refractivity contribution in [2.45, 2.75) is 32.1 Å². The van der Waals surface area contributed by atoms with E-state index in [1.54, 1.807) is 24.3 Å². The molecule has 118 valence electrons. The van der Waals surface area contributed by atoms with E-state index in [2.05, 4.69) is 0 Å². The third kappa shape index (κ3) is 4.71. The molecule has 0 aliphatic heterocycles. The Morgan fingerprint density at radius 2 is 1.43 bits per heavy atom. The SMILES string of the molecule is CC(=O)CCCC(C(=O)C(=O)c1ccccc1)c1ccccc1. The van der Waals surface area contributed by atoms with Crippen LogP contribution in [0.4, 0.5) is 0 Å². The first-order valence-electron chi connectivity index (χ1n) is 7.77. The summed E-state index contributed by atoms with van der Waals surface area (Å²) in [5.41, 5.74) is 1.23. The fraction of sp³-hybridized carbons (Fsp3) is 0.250. The molecule has 0 aromatic heterocycles. The van der Waals surface area contributed by atoms with E-state index in [1.807, 2.05) is 36.4 Å². The fourth-order valence-corrected chi connectivity index (χ4v) is 2.58. The molecular formula is C20H20O3. The molecule has 2 rings (SSSR count). The Bertz CT molecular complexity index is 675. The van der Waals surface area contributed by atoms with Gasteiger partial charge in [0, 0.05) is 12.0 Å². The molecule has 2 aromatic carbocycles. The van der Waals surface area contributed by atoms with Crippen LogP contribution in [0, 0.1) is 0 Å². The summed E-state index contributed by atoms with van der Waals surface area (Å²) in [6, 6.07) is 17.9. The summed E-state index contributed by atoms with van der Waals surface area (Å²) in [6.45, 7) is 1.54. The van der Waals surface area contributed by atoms with Crippen molar-refractivity contribution in [1.82, 2.24) is 0 Å². The third-order valence-corrected chi connectivity index (χ3v) is 3.80. The van der Waals surface area contributed by atoms with Gasteiger partial charge >= 0.3 is 0 Å². The average molecular weight is 308 g/mol. The molecule has 23 heavy (non-hydrogen) atoms. The van der Waals surface area contributed by atoms with Gasteiger partial charge in [0.05, 0.1) is 5.92 Å². The first kappa shape index (κ1) is 16.8. The molecule has 0 saturated heterocycles. The van der Waals surface area contributed by atoms with E-state index in [4.69, 9.17) is 0 Å². The van der Waals surface area contributed by atoms with Gasteiger partial charge in [0.25, 0.3) is 0 Å². The van der Waals surface area contributed by atoms with Gasteiger partial charge < -0.3 is 4.79 Å². The number of ketones is 3. The van der Waals surface area contributed by atoms with E-state index in [0.717, 1.165) is 5.56 Å². The molecule has 0 bridgehead atoms. The summed E-state index contributed by atoms with van der Waals surface area (Å²) < 4.78 is 0. The van der Waals surface area contributed by atoms with Crippen molar-refractivity contribution < 1.29 is 14.4 Å². The zero-order valence-electron chi connectivity index (χ0n) is 13.2. The molecule has 3 heteroatoms. The zero-order valence-corrected chi connectivity index (χ0v) is 13.2. The number of benzene rings is 2. The van der Waals surface area contributed by atoms with Gasteiger partial charge in [-0.05, 0) is 25.3 Å². The summed E-state index contributed by atoms with van der Waals surface area (Å²) in [7, 11) is 0. The molecule has 0 heterocycles. The monoisotopic (exact) mass is 308 g/mol. The summed E-state index contributed by atoms with van der Waals surface area (Å²) >= 11 is 0. The van der Waals surface area contributed by atoms with Crippen molar-refractivity contribution in [2.75, 3.05) is 0 Å². The van der Waals surface area contributed by atoms with Crippen molar-refractivity contribution in [3.63, 3.8) is 0 Å². The molecule has 0 fully saturated rings. The first-order chi connectivity index (χ1) is 11.1. The van der Waals surface area contributed by atoms with Crippen LogP contribution < -0.4 is 0 Å². The molecule has 0 aliphatic rings. The summed E-state index contributed by atoms with van der Waals surface area (Å²) in [4.78, 5) is 36.3. The maximum absolute atomic E-state index is 12.7. The number of carbonyl (C=O) groups is 3. The molecule has 0 N–H and O–H groups in total. The highest BCUT2D eigenvalue weighted by Gasteiger charge is 2.27. The largest absolute Gasteiger partial charge is 0.300 e. The van der Waals surface area contributed by atoms with Crippen molar-refractivity contribution in [3.8, 4) is 0 Å². The van der Waals surface area contributed by atoms with Gasteiger partial charge in [-0.2, -0.15) is 0 Å². The minimum absolute atomic E-state index is 0.0960. The highest BCUT2D eigenvalue weighted by atomic mass is 16.2. The minimum Gasteiger partial charge on any atom is -0.300 e. The lowest BCUT2D eigenvalue weighted by Gasteiger charge is -2.15. The summed E-state index contributed by atoms with van der Waals surface area (Å²) in [5.74, 6) is -1.28. The Hall–Kier alpha value is -2.55. The van der Waals surface area contributed by atoms with E-state index in [0.29, 0.717) is 24.8 Å². The van der Waals surface area contributed by atoms with E-state index in [1.165, 1.54) is 6.92 Å². The van der Waals surface area contributed by atoms with Crippen molar-refractivity contribution in [3.05, 3.63) is 71.8 Å². The Balaban J connectivity index is 2.20. The van der Waals surface area contributed by atoms with Gasteiger partial charge in [0.1, 0.15) is 5.78 Å². The van der Waals surface area contributed by atoms with Crippen LogP contribution in [-0.4, -0.2) is 17.3 Å². The highest BCUT2D eigenvalue weighted by molar-refractivity contribution is 6.45. The van der Waals surface area contributed by atoms with Crippen LogP contribution in [0.1, 0.15) is 48.0 Å². The molecular weight excluding hydrogens is 288 g/mol. The zero-order chi connectivity index (χ0) is 16.7. The molecule has 3 nitrogen and oxygen atoms in total. The molecule has 0 saturated carbocycles. The van der Waals surface area contributed by atoms with E-state index >= 15 is 0 Å². The fourth-order valence-electron chi connectivity index (χ4n) is 2.58. The minimum atomic E-state index is -0.497. The van der Waals surface area contributed by atoms with Crippen LogP contribution in [0.3, 0.4) is 0 Å². The molecule has 0 aliphatic carbocycles. The van der Waals surface area contributed by atoms with E-state index in [-0.39, 0.29) is 5.78 Å². The van der Waals surface area contributed by atoms with E-state index < -0.39 is 17.5 Å². The quantitative estimate of drug-likeness (QED) is 0.547. The number of hydrogen-bond acceptors (Lipinski definition) is 3. The van der Waals surface area contributed by atoms with Crippen LogP contribution >= 0.6 is 0 Å². The van der Waals surface area contributed by atoms with Crippen LogP contribution in [-0.2, 0) is 9.59 Å². The van der Waals surface area contributed by atoms with E-state index in [9.17, 15) is 14.4 Å². The Labute approximate surface area is 136 Å². The van der Waals surface area contributed by atoms with Crippen molar-refractivity contribution in [2.24, 2.45) is 0 Å². The van der Waals surface area contributed by atoms with Gasteiger partial charge in [-0.1, -0.05) is 60.7 Å². The van der Waals surface area contributed by atoms with Crippen molar-refractivity contribution in [1.29, 1.82) is 0 Å². The standard InChI is InChI=1S/C20H20O3/c1-15(21)9-8-14-18(16-10-4-2-5-11-16)20(23)19(22)17-12-6-3-7-13-17/h2-7,10-13,18H,8-9,14H2,1H3. The van der Waals surface area contributed by atoms with Crippen LogP contribution in [0.25, 0.3) is 0 Å². The van der Waals surface area contributed by atoms with Gasteiger partial charge in [0.15, 0.2) is 0 Å². The lowest BCUT2D eigenvalue weighted by molar-refractivity contribution is -0.118. The van der Waals surface area contributed by atoms with Gasteiger partial charge in [-0.25, -0.2) is 0 Å². The second kappa shape index (κ2) is 8.18. The van der Waals surface area contributed by atoms with Crippen molar-refractivity contribution >= 4 is 17.3 Å². The van der Waals surface area contributed by atoms with Gasteiger partial charge in [0.2, 0.25) is 11.6 Å². The Morgan fingerprint density at radius 3 is 2.00 bits per heavy atom. The molecule has 0 radical (unpaired) electrons. The molecule has 2 aromatic rings. The molecule has 0 spiro atoms. The lowest BCUT2D eigenvalue weighted by Crippen LogP contribution is -2.22. The molecule has 1 atom stereocenters. The molecule has 1 unspecified atom stereocenters. The topological polar surface area (TPSA) is 51.2 Å². The maximum Gasteiger partial charge on any atom is 0.229 e. The van der Waals surface area contributed by atoms with Crippen LogP contribution in [0.2, 0.25) is 0 Å². The van der Waals surface area contributed by atoms with Crippen LogP contribution in [0.5, 0.6) is 0 Å². The second-order valence-corrected chi connectivity index (χ2v) is 5.62. The predicted octanol–water partition coefficient (Wildman–Crippen LogP) is 3.98. The average Bonchev–Trinajstić information content (AvgIpc) is 2.59. The first-order valence-corrected chi connectivity index (χ1v) is 7.77. The van der Waals surface area contributed by atoms with Gasteiger partial charge in [-0.15, -0.1) is 0 Å². The number of Topliss-reactive ketones (excluding diaryl/α,β-unsaturated/α-hetero) is 3. The third-order valence-electron chi connectivity index (χ3n) is 3.80. The summed E-state index contributed by atoms with van der Waals surface area (Å²) in [5, 5.41) is 0. The number of rotatable bonds is 8. The highest BCUT2D eigenvalue weighted by Crippen LogP contribution is 2.25. The Kier molecular flexibility index (Phi) is 5.98. The smallest absolute Gasteiger partial charge is 0.229 e.